The van der Waals surface area contributed by atoms with Crippen LogP contribution in [-0.2, 0) is 4.74 Å². The van der Waals surface area contributed by atoms with Gasteiger partial charge in [-0.25, -0.2) is 4.39 Å². The molecule has 19 heavy (non-hydrogen) atoms. The molecular formula is C12H15FN2O4. The molecule has 3 unspecified atom stereocenters. The van der Waals surface area contributed by atoms with Gasteiger partial charge in [-0.05, 0) is 13.1 Å². The summed E-state index contributed by atoms with van der Waals surface area (Å²) in [6.45, 7) is 0. The zero-order chi connectivity index (χ0) is 14.0. The number of ether oxygens (including phenoxy) is 2. The van der Waals surface area contributed by atoms with Crippen LogP contribution in [0.25, 0.3) is 0 Å². The molecule has 1 saturated carbocycles. The standard InChI is InChI=1S/C12H15FN2O4/c1-14-8-6-10(12(8)18-2)19-11-7(13)4-3-5-9(11)15(16)17/h3-5,8,10,12,14H,6H2,1-2H3. The second-order valence-corrected chi connectivity index (χ2v) is 4.33. The molecule has 1 fully saturated rings. The van der Waals surface area contributed by atoms with E-state index >= 15 is 0 Å². The molecule has 0 spiro atoms. The number of rotatable bonds is 5. The number of nitrogens with zero attached hydrogens (tertiary/aromatic N) is 1. The molecule has 1 N–H and O–H groups in total. The lowest BCUT2D eigenvalue weighted by Gasteiger charge is -2.42. The van der Waals surface area contributed by atoms with Crippen LogP contribution in [0.4, 0.5) is 10.1 Å². The van der Waals surface area contributed by atoms with Gasteiger partial charge in [0, 0.05) is 25.6 Å². The van der Waals surface area contributed by atoms with E-state index in [9.17, 15) is 14.5 Å². The maximum Gasteiger partial charge on any atom is 0.314 e. The molecule has 1 aromatic rings. The van der Waals surface area contributed by atoms with Crippen molar-refractivity contribution in [2.75, 3.05) is 14.2 Å². The van der Waals surface area contributed by atoms with Gasteiger partial charge in [-0.1, -0.05) is 6.07 Å². The molecule has 1 aliphatic carbocycles. The smallest absolute Gasteiger partial charge is 0.314 e. The topological polar surface area (TPSA) is 73.6 Å². The maximum atomic E-state index is 13.7. The summed E-state index contributed by atoms with van der Waals surface area (Å²) in [7, 11) is 3.32. The van der Waals surface area contributed by atoms with E-state index in [4.69, 9.17) is 9.47 Å². The minimum Gasteiger partial charge on any atom is -0.479 e. The number of likely N-dealkylation sites (N-methyl/N-ethyl adjacent to an activating group) is 1. The molecule has 0 amide bonds. The summed E-state index contributed by atoms with van der Waals surface area (Å²) in [6.07, 6.45) is -0.0252. The van der Waals surface area contributed by atoms with Crippen LogP contribution >= 0.6 is 0 Å². The van der Waals surface area contributed by atoms with Crippen molar-refractivity contribution in [1.29, 1.82) is 0 Å². The van der Waals surface area contributed by atoms with Crippen molar-refractivity contribution in [3.8, 4) is 5.75 Å². The van der Waals surface area contributed by atoms with Gasteiger partial charge in [0.1, 0.15) is 12.2 Å². The number of para-hydroxylation sites is 1. The second-order valence-electron chi connectivity index (χ2n) is 4.33. The Morgan fingerprint density at radius 2 is 2.26 bits per heavy atom. The maximum absolute atomic E-state index is 13.7. The number of benzene rings is 1. The molecule has 1 aliphatic rings. The first-order chi connectivity index (χ1) is 9.08. The van der Waals surface area contributed by atoms with Gasteiger partial charge in [-0.3, -0.25) is 10.1 Å². The molecular weight excluding hydrogens is 255 g/mol. The Kier molecular flexibility index (Phi) is 3.96. The summed E-state index contributed by atoms with van der Waals surface area (Å²) in [5.41, 5.74) is -0.372. The highest BCUT2D eigenvalue weighted by Gasteiger charge is 2.43. The van der Waals surface area contributed by atoms with Crippen LogP contribution < -0.4 is 10.1 Å². The van der Waals surface area contributed by atoms with Crippen LogP contribution in [0.3, 0.4) is 0 Å². The summed E-state index contributed by atoms with van der Waals surface area (Å²) in [5, 5.41) is 13.9. The van der Waals surface area contributed by atoms with Crippen LogP contribution in [0.1, 0.15) is 6.42 Å². The molecule has 7 heteroatoms. The van der Waals surface area contributed by atoms with Gasteiger partial charge in [0.2, 0.25) is 5.75 Å². The lowest BCUT2D eigenvalue weighted by molar-refractivity contribution is -0.386. The summed E-state index contributed by atoms with van der Waals surface area (Å²) >= 11 is 0. The van der Waals surface area contributed by atoms with Gasteiger partial charge in [-0.2, -0.15) is 0 Å². The van der Waals surface area contributed by atoms with Crippen molar-refractivity contribution in [2.45, 2.75) is 24.7 Å². The van der Waals surface area contributed by atoms with E-state index in [1.165, 1.54) is 19.2 Å². The van der Waals surface area contributed by atoms with Crippen LogP contribution in [0.2, 0.25) is 0 Å². The average molecular weight is 270 g/mol. The summed E-state index contributed by atoms with van der Waals surface area (Å²) < 4.78 is 24.3. The number of nitro groups is 1. The molecule has 0 aromatic heterocycles. The molecule has 6 nitrogen and oxygen atoms in total. The van der Waals surface area contributed by atoms with Gasteiger partial charge in [0.15, 0.2) is 5.82 Å². The lowest BCUT2D eigenvalue weighted by atomic mass is 9.85. The first-order valence-corrected chi connectivity index (χ1v) is 5.88. The zero-order valence-electron chi connectivity index (χ0n) is 10.6. The van der Waals surface area contributed by atoms with Crippen molar-refractivity contribution < 1.29 is 18.8 Å². The van der Waals surface area contributed by atoms with Crippen LogP contribution in [0, 0.1) is 15.9 Å². The normalized spacial score (nSPS) is 25.7. The molecule has 0 saturated heterocycles. The fourth-order valence-electron chi connectivity index (χ4n) is 2.20. The SMILES string of the molecule is CNC1CC(Oc2c(F)cccc2[N+](=O)[O-])C1OC. The van der Waals surface area contributed by atoms with Gasteiger partial charge >= 0.3 is 5.69 Å². The van der Waals surface area contributed by atoms with Crippen LogP contribution in [0.5, 0.6) is 5.75 Å². The number of nitro benzene ring substituents is 1. The minimum atomic E-state index is -0.739. The molecule has 0 aliphatic heterocycles. The minimum absolute atomic E-state index is 0.112. The molecule has 0 radical (unpaired) electrons. The van der Waals surface area contributed by atoms with Crippen LogP contribution in [0.15, 0.2) is 18.2 Å². The first-order valence-electron chi connectivity index (χ1n) is 5.88. The van der Waals surface area contributed by atoms with E-state index in [1.54, 1.807) is 7.05 Å². The van der Waals surface area contributed by atoms with E-state index in [-0.39, 0.29) is 23.6 Å². The average Bonchev–Trinajstić information content (AvgIpc) is 2.35. The van der Waals surface area contributed by atoms with Crippen molar-refractivity contribution in [3.05, 3.63) is 34.1 Å². The largest absolute Gasteiger partial charge is 0.479 e. The highest BCUT2D eigenvalue weighted by molar-refractivity contribution is 5.47. The fraction of sp³-hybridized carbons (Fsp3) is 0.500. The van der Waals surface area contributed by atoms with Crippen molar-refractivity contribution in [1.82, 2.24) is 5.32 Å². The quantitative estimate of drug-likeness (QED) is 0.648. The molecule has 0 bridgehead atoms. The Bertz CT molecular complexity index is 483. The number of hydrogen-bond acceptors (Lipinski definition) is 5. The third kappa shape index (κ3) is 2.52. The van der Waals surface area contributed by atoms with Crippen LogP contribution in [-0.4, -0.2) is 37.3 Å². The number of methoxy groups -OCH3 is 1. The third-order valence-corrected chi connectivity index (χ3v) is 3.30. The van der Waals surface area contributed by atoms with Gasteiger partial charge in [0.05, 0.1) is 4.92 Å². The Labute approximate surface area is 109 Å². The Morgan fingerprint density at radius 3 is 2.84 bits per heavy atom. The summed E-state index contributed by atoms with van der Waals surface area (Å²) in [4.78, 5) is 10.2. The van der Waals surface area contributed by atoms with E-state index in [2.05, 4.69) is 5.32 Å². The van der Waals surface area contributed by atoms with E-state index in [0.29, 0.717) is 6.42 Å². The van der Waals surface area contributed by atoms with E-state index in [1.807, 2.05) is 0 Å². The van der Waals surface area contributed by atoms with Crippen molar-refractivity contribution in [3.63, 3.8) is 0 Å². The zero-order valence-corrected chi connectivity index (χ0v) is 10.6. The fourth-order valence-corrected chi connectivity index (χ4v) is 2.20. The highest BCUT2D eigenvalue weighted by atomic mass is 19.1. The Hall–Kier alpha value is -1.73. The molecule has 3 atom stereocenters. The Balaban J connectivity index is 2.18. The van der Waals surface area contributed by atoms with E-state index < -0.39 is 16.8 Å². The second kappa shape index (κ2) is 5.50. The molecule has 1 aromatic carbocycles. The number of hydrogen-bond donors (Lipinski definition) is 1. The highest BCUT2D eigenvalue weighted by Crippen LogP contribution is 2.35. The molecule has 0 heterocycles. The van der Waals surface area contributed by atoms with E-state index in [0.717, 1.165) is 6.07 Å². The monoisotopic (exact) mass is 270 g/mol. The number of nitrogens with one attached hydrogen (secondary N) is 1. The Morgan fingerprint density at radius 1 is 1.53 bits per heavy atom. The third-order valence-electron chi connectivity index (χ3n) is 3.30. The van der Waals surface area contributed by atoms with Crippen molar-refractivity contribution >= 4 is 5.69 Å². The summed E-state index contributed by atoms with van der Waals surface area (Å²) in [5.74, 6) is -1.06. The first kappa shape index (κ1) is 13.7. The lowest BCUT2D eigenvalue weighted by Crippen LogP contribution is -2.60. The molecule has 2 rings (SSSR count). The van der Waals surface area contributed by atoms with Gasteiger partial charge < -0.3 is 14.8 Å². The van der Waals surface area contributed by atoms with Gasteiger partial charge in [-0.15, -0.1) is 0 Å². The summed E-state index contributed by atoms with van der Waals surface area (Å²) in [6, 6.07) is 3.75. The van der Waals surface area contributed by atoms with Gasteiger partial charge in [0.25, 0.3) is 0 Å². The predicted molar refractivity (Wildman–Crippen MR) is 65.7 cm³/mol. The predicted octanol–water partition coefficient (Wildman–Crippen LogP) is 1.49. The van der Waals surface area contributed by atoms with Crippen molar-refractivity contribution in [2.24, 2.45) is 0 Å². The molecule has 104 valence electrons. The number of halogens is 1.